The second-order valence-corrected chi connectivity index (χ2v) is 12.2. The summed E-state index contributed by atoms with van der Waals surface area (Å²) in [5.41, 5.74) is 5.71. The van der Waals surface area contributed by atoms with E-state index in [0.717, 1.165) is 68.0 Å². The van der Waals surface area contributed by atoms with Crippen molar-refractivity contribution in [3.05, 3.63) is 95.5 Å². The number of carboxylic acids is 1. The molecule has 44 heavy (non-hydrogen) atoms. The van der Waals surface area contributed by atoms with Crippen LogP contribution >= 0.6 is 11.3 Å². The molecule has 222 valence electrons. The Kier molecular flexibility index (Phi) is 7.66. The highest BCUT2D eigenvalue weighted by atomic mass is 32.1. The lowest BCUT2D eigenvalue weighted by atomic mass is 9.78. The number of hydrogen-bond donors (Lipinski definition) is 1. The van der Waals surface area contributed by atoms with Gasteiger partial charge in [-0.1, -0.05) is 49.2 Å². The predicted molar refractivity (Wildman–Crippen MR) is 169 cm³/mol. The van der Waals surface area contributed by atoms with E-state index in [1.165, 1.54) is 0 Å². The Balaban J connectivity index is 1.19. The van der Waals surface area contributed by atoms with Crippen molar-refractivity contribution < 1.29 is 19.4 Å². The molecule has 0 spiro atoms. The fourth-order valence-corrected chi connectivity index (χ4v) is 6.97. The van der Waals surface area contributed by atoms with Gasteiger partial charge in [-0.25, -0.2) is 19.9 Å². The van der Waals surface area contributed by atoms with E-state index in [-0.39, 0.29) is 5.92 Å². The van der Waals surface area contributed by atoms with Gasteiger partial charge in [0.15, 0.2) is 0 Å². The van der Waals surface area contributed by atoms with Crippen LogP contribution in [0.25, 0.3) is 32.4 Å². The summed E-state index contributed by atoms with van der Waals surface area (Å²) in [4.78, 5) is 30.5. The van der Waals surface area contributed by atoms with Crippen LogP contribution in [0.4, 0.5) is 0 Å². The van der Waals surface area contributed by atoms with E-state index in [4.69, 9.17) is 14.5 Å². The fraction of sp³-hybridized carbons (Fsp3) is 0.265. The first-order valence-corrected chi connectivity index (χ1v) is 15.5. The van der Waals surface area contributed by atoms with Crippen LogP contribution in [-0.2, 0) is 17.9 Å². The molecular formula is C34H31N5O4S. The average molecular weight is 606 g/mol. The van der Waals surface area contributed by atoms with E-state index in [1.807, 2.05) is 48.5 Å². The second kappa shape index (κ2) is 12.0. The van der Waals surface area contributed by atoms with E-state index < -0.39 is 11.9 Å². The number of imidazole rings is 1. The van der Waals surface area contributed by atoms with Crippen LogP contribution in [0.15, 0.2) is 79.1 Å². The zero-order valence-corrected chi connectivity index (χ0v) is 25.0. The largest absolute Gasteiger partial charge is 0.486 e. The summed E-state index contributed by atoms with van der Waals surface area (Å²) in [6.07, 6.45) is 6.87. The summed E-state index contributed by atoms with van der Waals surface area (Å²) < 4.78 is 14.6. The number of carbonyl (C=O) groups is 1. The molecule has 6 aromatic rings. The van der Waals surface area contributed by atoms with Crippen molar-refractivity contribution in [2.24, 2.45) is 5.92 Å². The van der Waals surface area contributed by atoms with Gasteiger partial charge in [0.2, 0.25) is 0 Å². The molecule has 0 saturated heterocycles. The number of fused-ring (bicyclic) bond motifs is 2. The number of ether oxygens (including phenoxy) is 2. The molecule has 2 atom stereocenters. The highest BCUT2D eigenvalue weighted by Gasteiger charge is 2.35. The summed E-state index contributed by atoms with van der Waals surface area (Å²) in [6.45, 7) is 0.938. The summed E-state index contributed by atoms with van der Waals surface area (Å²) >= 11 is 1.63. The summed E-state index contributed by atoms with van der Waals surface area (Å²) in [5, 5.41) is 11.0. The molecule has 7 rings (SSSR count). The van der Waals surface area contributed by atoms with Crippen molar-refractivity contribution in [2.45, 2.75) is 44.8 Å². The normalized spacial score (nSPS) is 16.8. The van der Waals surface area contributed by atoms with Crippen LogP contribution in [0.2, 0.25) is 0 Å². The molecule has 0 bridgehead atoms. The summed E-state index contributed by atoms with van der Waals surface area (Å²) in [6, 6.07) is 22.6. The molecule has 10 heteroatoms. The number of benzene rings is 3. The Morgan fingerprint density at radius 1 is 0.955 bits per heavy atom. The van der Waals surface area contributed by atoms with E-state index >= 15 is 0 Å². The van der Waals surface area contributed by atoms with Gasteiger partial charge in [0.25, 0.3) is 0 Å². The Labute approximate surface area is 258 Å². The molecule has 1 aliphatic carbocycles. The maximum Gasteiger partial charge on any atom is 0.316 e. The summed E-state index contributed by atoms with van der Waals surface area (Å²) in [7, 11) is 1.54. The minimum atomic E-state index is -0.751. The van der Waals surface area contributed by atoms with Crippen LogP contribution < -0.4 is 9.47 Å². The molecule has 1 saturated carbocycles. The topological polar surface area (TPSA) is 112 Å². The number of aliphatic carboxylic acids is 1. The zero-order chi connectivity index (χ0) is 30.0. The van der Waals surface area contributed by atoms with Gasteiger partial charge in [-0.15, -0.1) is 11.3 Å². The van der Waals surface area contributed by atoms with Gasteiger partial charge in [-0.2, -0.15) is 0 Å². The fourth-order valence-electron chi connectivity index (χ4n) is 6.09. The molecule has 1 fully saturated rings. The smallest absolute Gasteiger partial charge is 0.316 e. The first-order chi connectivity index (χ1) is 21.6. The van der Waals surface area contributed by atoms with Gasteiger partial charge >= 0.3 is 12.0 Å². The highest BCUT2D eigenvalue weighted by molar-refractivity contribution is 7.18. The first-order valence-electron chi connectivity index (χ1n) is 14.7. The number of aromatic nitrogens is 5. The van der Waals surface area contributed by atoms with E-state index in [0.29, 0.717) is 31.3 Å². The van der Waals surface area contributed by atoms with Gasteiger partial charge in [0.1, 0.15) is 23.2 Å². The van der Waals surface area contributed by atoms with Crippen molar-refractivity contribution in [2.75, 3.05) is 7.11 Å². The van der Waals surface area contributed by atoms with Gasteiger partial charge < -0.3 is 19.1 Å². The van der Waals surface area contributed by atoms with Crippen LogP contribution in [0, 0.1) is 5.92 Å². The Morgan fingerprint density at radius 2 is 1.75 bits per heavy atom. The van der Waals surface area contributed by atoms with Crippen molar-refractivity contribution in [1.82, 2.24) is 24.5 Å². The molecule has 0 unspecified atom stereocenters. The molecule has 3 aromatic heterocycles. The van der Waals surface area contributed by atoms with Crippen molar-refractivity contribution in [3.8, 4) is 22.9 Å². The molecule has 3 heterocycles. The number of nitrogens with zero attached hydrogens (tertiary/aromatic N) is 5. The third kappa shape index (κ3) is 5.60. The molecule has 0 radical (unpaired) electrons. The van der Waals surface area contributed by atoms with Gasteiger partial charge in [-0.3, -0.25) is 4.79 Å². The van der Waals surface area contributed by atoms with E-state index in [9.17, 15) is 9.90 Å². The van der Waals surface area contributed by atoms with Crippen molar-refractivity contribution >= 4 is 38.6 Å². The van der Waals surface area contributed by atoms with Crippen molar-refractivity contribution in [1.29, 1.82) is 0 Å². The Hall–Kier alpha value is -4.83. The number of hydrogen-bond acceptors (Lipinski definition) is 8. The van der Waals surface area contributed by atoms with Crippen LogP contribution in [-0.4, -0.2) is 42.7 Å². The molecule has 3 aromatic carbocycles. The quantitative estimate of drug-likeness (QED) is 0.186. The number of thiazole rings is 1. The molecule has 1 N–H and O–H groups in total. The number of rotatable bonds is 9. The minimum absolute atomic E-state index is 0.156. The molecule has 9 nitrogen and oxygen atoms in total. The maximum atomic E-state index is 12.3. The average Bonchev–Trinajstić information content (AvgIpc) is 3.65. The minimum Gasteiger partial charge on any atom is -0.486 e. The monoisotopic (exact) mass is 605 g/mol. The number of para-hydroxylation sites is 1. The molecule has 0 aliphatic heterocycles. The Morgan fingerprint density at radius 3 is 2.52 bits per heavy atom. The zero-order valence-electron chi connectivity index (χ0n) is 24.2. The highest BCUT2D eigenvalue weighted by Crippen LogP contribution is 2.39. The van der Waals surface area contributed by atoms with Crippen LogP contribution in [0.1, 0.15) is 48.0 Å². The maximum absolute atomic E-state index is 12.3. The SMILES string of the molecule is COc1ncc(-c2ccc(Cn3c([C@H]4CCCC[C@H]4C(=O)O)nc4cc(OCc5nc6ccccc6s5)ccc43)cc2)cn1. The van der Waals surface area contributed by atoms with Gasteiger partial charge in [0, 0.05) is 36.5 Å². The second-order valence-electron chi connectivity index (χ2n) is 11.1. The van der Waals surface area contributed by atoms with E-state index in [2.05, 4.69) is 37.7 Å². The third-order valence-corrected chi connectivity index (χ3v) is 9.31. The lowest BCUT2D eigenvalue weighted by molar-refractivity contribution is -0.143. The Bertz CT molecular complexity index is 1900. The van der Waals surface area contributed by atoms with Crippen molar-refractivity contribution in [3.63, 3.8) is 0 Å². The van der Waals surface area contributed by atoms with Gasteiger partial charge in [0.05, 0.1) is 34.3 Å². The predicted octanol–water partition coefficient (Wildman–Crippen LogP) is 7.10. The molecular weight excluding hydrogens is 574 g/mol. The summed E-state index contributed by atoms with van der Waals surface area (Å²) in [5.74, 6) is 0.169. The van der Waals surface area contributed by atoms with Crippen LogP contribution in [0.3, 0.4) is 0 Å². The first kappa shape index (κ1) is 28.0. The lowest BCUT2D eigenvalue weighted by Crippen LogP contribution is -2.27. The van der Waals surface area contributed by atoms with Crippen LogP contribution in [0.5, 0.6) is 11.8 Å². The van der Waals surface area contributed by atoms with E-state index in [1.54, 1.807) is 30.8 Å². The number of carboxylic acid groups (broad SMARTS) is 1. The standard InChI is InChI=1S/C34H31N5O4S/c1-42-34-35-17-23(18-36-34)22-12-10-21(11-13-22)19-39-29-15-14-24(43-20-31-37-27-8-4-5-9-30(27)44-31)16-28(29)38-32(39)25-6-2-3-7-26(25)33(40)41/h4-5,8-18,25-26H,2-3,6-7,19-20H2,1H3,(H,40,41)/t25-,26+/m0/s1. The lowest BCUT2D eigenvalue weighted by Gasteiger charge is -2.28. The third-order valence-electron chi connectivity index (χ3n) is 8.30. The van der Waals surface area contributed by atoms with Gasteiger partial charge in [-0.05, 0) is 48.2 Å². The molecule has 0 amide bonds. The number of methoxy groups -OCH3 is 1. The molecule has 1 aliphatic rings.